The molecule has 0 atom stereocenters. The topological polar surface area (TPSA) is 94.1 Å². The maximum Gasteiger partial charge on any atom is 0.271 e. The molecule has 9 heteroatoms. The number of hydrazone groups is 1. The fourth-order valence-corrected chi connectivity index (χ4v) is 4.28. The molecule has 0 aliphatic carbocycles. The van der Waals surface area contributed by atoms with Crippen LogP contribution in [0.15, 0.2) is 46.4 Å². The van der Waals surface area contributed by atoms with Crippen molar-refractivity contribution in [2.45, 2.75) is 11.3 Å². The number of benzene rings is 2. The number of carbonyl (C=O) groups excluding carboxylic acids is 1. The quantitative estimate of drug-likeness (QED) is 0.638. The highest BCUT2D eigenvalue weighted by Crippen LogP contribution is 2.32. The molecule has 2 aliphatic heterocycles. The van der Waals surface area contributed by atoms with Crippen molar-refractivity contribution in [1.29, 1.82) is 0 Å². The van der Waals surface area contributed by atoms with Crippen molar-refractivity contribution in [2.24, 2.45) is 5.10 Å². The van der Waals surface area contributed by atoms with Crippen LogP contribution in [0.3, 0.4) is 0 Å². The van der Waals surface area contributed by atoms with Gasteiger partial charge in [-0.2, -0.15) is 5.10 Å². The Morgan fingerprint density at radius 1 is 1.12 bits per heavy atom. The fraction of sp³-hybridized carbons (Fsp3) is 0.176. The molecule has 0 spiro atoms. The van der Waals surface area contributed by atoms with E-state index in [9.17, 15) is 17.6 Å². The maximum absolute atomic E-state index is 13.5. The molecule has 0 saturated carbocycles. The maximum atomic E-state index is 13.5. The van der Waals surface area contributed by atoms with E-state index < -0.39 is 21.6 Å². The van der Waals surface area contributed by atoms with Gasteiger partial charge in [0.1, 0.15) is 5.82 Å². The van der Waals surface area contributed by atoms with E-state index in [-0.39, 0.29) is 29.4 Å². The molecule has 1 N–H and O–H groups in total. The largest absolute Gasteiger partial charge is 0.454 e. The number of halogens is 1. The highest BCUT2D eigenvalue weighted by Gasteiger charge is 2.28. The number of rotatable bonds is 2. The number of sulfone groups is 1. The Hall–Kier alpha value is -2.94. The second-order valence-electron chi connectivity index (χ2n) is 5.78. The number of carbonyl (C=O) groups is 1. The van der Waals surface area contributed by atoms with Crippen molar-refractivity contribution in [1.82, 2.24) is 5.43 Å². The summed E-state index contributed by atoms with van der Waals surface area (Å²) in [6.07, 6.45) is 0.0835. The third kappa shape index (κ3) is 2.90. The average Bonchev–Trinajstić information content (AvgIpc) is 3.08. The summed E-state index contributed by atoms with van der Waals surface area (Å²) in [5, 5.41) is 4.01. The zero-order valence-electron chi connectivity index (χ0n) is 13.4. The summed E-state index contributed by atoms with van der Waals surface area (Å²) in [5.41, 5.74) is 3.17. The Morgan fingerprint density at radius 3 is 2.77 bits per heavy atom. The first-order valence-electron chi connectivity index (χ1n) is 7.73. The summed E-state index contributed by atoms with van der Waals surface area (Å²) in [6, 6.07) is 8.11. The highest BCUT2D eigenvalue weighted by atomic mass is 32.2. The lowest BCUT2D eigenvalue weighted by Crippen LogP contribution is -2.26. The zero-order chi connectivity index (χ0) is 18.3. The van der Waals surface area contributed by atoms with Crippen LogP contribution in [-0.2, 0) is 9.84 Å². The Morgan fingerprint density at radius 2 is 1.92 bits per heavy atom. The Bertz CT molecular complexity index is 1050. The molecule has 0 bridgehead atoms. The van der Waals surface area contributed by atoms with Crippen LogP contribution < -0.4 is 14.9 Å². The number of nitrogens with one attached hydrogen (secondary N) is 1. The zero-order valence-corrected chi connectivity index (χ0v) is 14.2. The molecule has 2 heterocycles. The van der Waals surface area contributed by atoms with Crippen LogP contribution in [0.4, 0.5) is 4.39 Å². The summed E-state index contributed by atoms with van der Waals surface area (Å²) in [7, 11) is -3.48. The molecule has 0 saturated heterocycles. The Kier molecular flexibility index (Phi) is 3.87. The fourth-order valence-electron chi connectivity index (χ4n) is 2.81. The van der Waals surface area contributed by atoms with E-state index >= 15 is 0 Å². The number of amides is 1. The second-order valence-corrected chi connectivity index (χ2v) is 7.85. The van der Waals surface area contributed by atoms with Crippen LogP contribution >= 0.6 is 0 Å². The van der Waals surface area contributed by atoms with Crippen LogP contribution in [0, 0.1) is 5.82 Å². The van der Waals surface area contributed by atoms with Crippen LogP contribution in [0.2, 0.25) is 0 Å². The lowest BCUT2D eigenvalue weighted by Gasteiger charge is -2.18. The predicted octanol–water partition coefficient (Wildman–Crippen LogP) is 1.87. The molecule has 7 nitrogen and oxygen atoms in total. The lowest BCUT2D eigenvalue weighted by molar-refractivity contribution is 0.0954. The van der Waals surface area contributed by atoms with Gasteiger partial charge in [0.15, 0.2) is 21.3 Å². The van der Waals surface area contributed by atoms with Crippen molar-refractivity contribution in [3.63, 3.8) is 0 Å². The van der Waals surface area contributed by atoms with Gasteiger partial charge in [-0.15, -0.1) is 0 Å². The van der Waals surface area contributed by atoms with E-state index in [1.54, 1.807) is 12.1 Å². The van der Waals surface area contributed by atoms with Gasteiger partial charge in [-0.05, 0) is 36.4 Å². The van der Waals surface area contributed by atoms with Crippen LogP contribution in [0.1, 0.15) is 22.3 Å². The van der Waals surface area contributed by atoms with Crippen molar-refractivity contribution in [3.05, 3.63) is 53.3 Å². The summed E-state index contributed by atoms with van der Waals surface area (Å²) < 4.78 is 48.2. The normalized spacial score (nSPS) is 18.4. The SMILES string of the molecule is O=C(NN=C1CCS(=O)(=O)c2ccc(F)cc21)c1ccc2c(c1)OCO2. The molecule has 0 fully saturated rings. The van der Waals surface area contributed by atoms with E-state index in [0.717, 1.165) is 12.1 Å². The number of ether oxygens (including phenoxy) is 2. The lowest BCUT2D eigenvalue weighted by atomic mass is 10.1. The van der Waals surface area contributed by atoms with Crippen LogP contribution in [0.5, 0.6) is 11.5 Å². The van der Waals surface area contributed by atoms with Crippen LogP contribution in [-0.4, -0.2) is 32.6 Å². The van der Waals surface area contributed by atoms with Crippen molar-refractivity contribution in [2.75, 3.05) is 12.5 Å². The molecule has 0 aromatic heterocycles. The van der Waals surface area contributed by atoms with E-state index in [4.69, 9.17) is 9.47 Å². The minimum atomic E-state index is -3.48. The van der Waals surface area contributed by atoms with Gasteiger partial charge in [0, 0.05) is 17.5 Å². The van der Waals surface area contributed by atoms with Gasteiger partial charge in [0.25, 0.3) is 5.91 Å². The molecular formula is C17H13FN2O5S. The highest BCUT2D eigenvalue weighted by molar-refractivity contribution is 7.91. The molecule has 2 aliphatic rings. The molecule has 0 unspecified atom stereocenters. The van der Waals surface area contributed by atoms with E-state index in [1.165, 1.54) is 12.1 Å². The van der Waals surface area contributed by atoms with E-state index in [1.807, 2.05) is 0 Å². The number of hydrogen-bond acceptors (Lipinski definition) is 6. The summed E-state index contributed by atoms with van der Waals surface area (Å²) in [5.74, 6) is -0.210. The molecule has 1 amide bonds. The monoisotopic (exact) mass is 376 g/mol. The molecule has 26 heavy (non-hydrogen) atoms. The van der Waals surface area contributed by atoms with Gasteiger partial charge in [0.2, 0.25) is 6.79 Å². The minimum Gasteiger partial charge on any atom is -0.454 e. The molecule has 0 radical (unpaired) electrons. The third-order valence-electron chi connectivity index (χ3n) is 4.12. The van der Waals surface area contributed by atoms with E-state index in [0.29, 0.717) is 22.8 Å². The molecule has 134 valence electrons. The van der Waals surface area contributed by atoms with Crippen molar-refractivity contribution >= 4 is 21.5 Å². The van der Waals surface area contributed by atoms with Gasteiger partial charge in [-0.25, -0.2) is 18.2 Å². The standard InChI is InChI=1S/C17H13FN2O5S/c18-11-2-4-16-12(8-11)13(5-6-26(16,22)23)19-20-17(21)10-1-3-14-15(7-10)25-9-24-14/h1-4,7-8H,5-6,9H2,(H,20,21). The first-order chi connectivity index (χ1) is 12.4. The summed E-state index contributed by atoms with van der Waals surface area (Å²) in [6.45, 7) is 0.0968. The number of hydrogen-bond donors (Lipinski definition) is 1. The molecule has 2 aromatic carbocycles. The summed E-state index contributed by atoms with van der Waals surface area (Å²) >= 11 is 0. The summed E-state index contributed by atoms with van der Waals surface area (Å²) in [4.78, 5) is 12.3. The number of fused-ring (bicyclic) bond motifs is 2. The van der Waals surface area contributed by atoms with Gasteiger partial charge < -0.3 is 9.47 Å². The second kappa shape index (κ2) is 6.10. The van der Waals surface area contributed by atoms with Crippen LogP contribution in [0.25, 0.3) is 0 Å². The van der Waals surface area contributed by atoms with Crippen molar-refractivity contribution < 1.29 is 27.1 Å². The van der Waals surface area contributed by atoms with Gasteiger partial charge in [-0.1, -0.05) is 0 Å². The predicted molar refractivity (Wildman–Crippen MR) is 89.6 cm³/mol. The Labute approximate surface area is 148 Å². The smallest absolute Gasteiger partial charge is 0.271 e. The minimum absolute atomic E-state index is 0.0150. The number of nitrogens with zero attached hydrogens (tertiary/aromatic N) is 1. The average molecular weight is 376 g/mol. The first kappa shape index (κ1) is 16.5. The van der Waals surface area contributed by atoms with Gasteiger partial charge in [-0.3, -0.25) is 4.79 Å². The van der Waals surface area contributed by atoms with Gasteiger partial charge in [0.05, 0.1) is 16.4 Å². The van der Waals surface area contributed by atoms with E-state index in [2.05, 4.69) is 10.5 Å². The third-order valence-corrected chi connectivity index (χ3v) is 5.89. The van der Waals surface area contributed by atoms with Crippen molar-refractivity contribution in [3.8, 4) is 11.5 Å². The molecule has 2 aromatic rings. The molecular weight excluding hydrogens is 363 g/mol. The Balaban J connectivity index is 1.61. The molecule has 4 rings (SSSR count). The van der Waals surface area contributed by atoms with Gasteiger partial charge >= 0.3 is 0 Å². The first-order valence-corrected chi connectivity index (χ1v) is 9.38.